The third kappa shape index (κ3) is 3.33. The van der Waals surface area contributed by atoms with E-state index < -0.39 is 0 Å². The molecule has 5 nitrogen and oxygen atoms in total. The van der Waals surface area contributed by atoms with Crippen LogP contribution in [0.15, 0.2) is 54.0 Å². The number of rotatable bonds is 5. The molecule has 1 aromatic carbocycles. The Morgan fingerprint density at radius 3 is 2.78 bits per heavy atom. The molecule has 0 radical (unpaired) electrons. The zero-order valence-corrected chi connectivity index (χ0v) is 13.6. The molecule has 0 bridgehead atoms. The average molecular weight is 326 g/mol. The SMILES string of the molecule is Cn1nccc1-c1csc(C(=O)N[C@@H](CN)c2ccccc2)c1. The summed E-state index contributed by atoms with van der Waals surface area (Å²) in [5.74, 6) is -0.109. The molecule has 1 atom stereocenters. The van der Waals surface area contributed by atoms with Gasteiger partial charge in [-0.2, -0.15) is 5.10 Å². The molecule has 0 fully saturated rings. The molecule has 0 spiro atoms. The normalized spacial score (nSPS) is 12.1. The molecule has 118 valence electrons. The van der Waals surface area contributed by atoms with Crippen LogP contribution in [-0.4, -0.2) is 22.2 Å². The number of aromatic nitrogens is 2. The lowest BCUT2D eigenvalue weighted by Crippen LogP contribution is -2.32. The maximum absolute atomic E-state index is 12.5. The summed E-state index contributed by atoms with van der Waals surface area (Å²) in [6, 6.07) is 13.4. The smallest absolute Gasteiger partial charge is 0.261 e. The van der Waals surface area contributed by atoms with Crippen LogP contribution in [0.1, 0.15) is 21.3 Å². The van der Waals surface area contributed by atoms with Crippen molar-refractivity contribution in [1.29, 1.82) is 0 Å². The standard InChI is InChI=1S/C17H18N4OS/c1-21-15(7-8-19-21)13-9-16(23-11-13)17(22)20-14(10-18)12-5-3-2-4-6-12/h2-9,11,14H,10,18H2,1H3,(H,20,22)/t14-/m0/s1. The third-order valence-electron chi connectivity index (χ3n) is 3.68. The molecule has 6 heteroatoms. The first-order valence-corrected chi connectivity index (χ1v) is 8.20. The molecule has 1 amide bonds. The lowest BCUT2D eigenvalue weighted by Gasteiger charge is -2.16. The van der Waals surface area contributed by atoms with Gasteiger partial charge in [0.15, 0.2) is 0 Å². The van der Waals surface area contributed by atoms with Gasteiger partial charge in [-0.15, -0.1) is 11.3 Å². The Kier molecular flexibility index (Phi) is 4.55. The van der Waals surface area contributed by atoms with Gasteiger partial charge in [0.25, 0.3) is 5.91 Å². The van der Waals surface area contributed by atoms with Crippen LogP contribution in [0.2, 0.25) is 0 Å². The van der Waals surface area contributed by atoms with Crippen LogP contribution in [0.3, 0.4) is 0 Å². The number of benzene rings is 1. The molecule has 3 rings (SSSR count). The van der Waals surface area contributed by atoms with Crippen molar-refractivity contribution in [2.75, 3.05) is 6.54 Å². The van der Waals surface area contributed by atoms with E-state index in [1.54, 1.807) is 10.9 Å². The molecule has 0 saturated carbocycles. The van der Waals surface area contributed by atoms with Crippen LogP contribution in [0.25, 0.3) is 11.3 Å². The summed E-state index contributed by atoms with van der Waals surface area (Å²) in [7, 11) is 1.88. The van der Waals surface area contributed by atoms with Crippen LogP contribution >= 0.6 is 11.3 Å². The van der Waals surface area contributed by atoms with Crippen molar-refractivity contribution in [2.45, 2.75) is 6.04 Å². The van der Waals surface area contributed by atoms with E-state index in [1.165, 1.54) is 11.3 Å². The van der Waals surface area contributed by atoms with Crippen molar-refractivity contribution in [3.63, 3.8) is 0 Å². The van der Waals surface area contributed by atoms with E-state index >= 15 is 0 Å². The number of hydrogen-bond donors (Lipinski definition) is 2. The Morgan fingerprint density at radius 1 is 1.35 bits per heavy atom. The summed E-state index contributed by atoms with van der Waals surface area (Å²) < 4.78 is 1.79. The highest BCUT2D eigenvalue weighted by Crippen LogP contribution is 2.25. The van der Waals surface area contributed by atoms with Gasteiger partial charge < -0.3 is 11.1 Å². The van der Waals surface area contributed by atoms with E-state index in [0.717, 1.165) is 16.8 Å². The quantitative estimate of drug-likeness (QED) is 0.757. The highest BCUT2D eigenvalue weighted by molar-refractivity contribution is 7.12. The van der Waals surface area contributed by atoms with Crippen molar-refractivity contribution < 1.29 is 4.79 Å². The Bertz CT molecular complexity index is 794. The zero-order valence-electron chi connectivity index (χ0n) is 12.8. The van der Waals surface area contributed by atoms with Gasteiger partial charge in [0.1, 0.15) is 0 Å². The van der Waals surface area contributed by atoms with E-state index in [2.05, 4.69) is 10.4 Å². The Hall–Kier alpha value is -2.44. The number of thiophene rings is 1. The molecular weight excluding hydrogens is 308 g/mol. The second-order valence-corrected chi connectivity index (χ2v) is 6.12. The summed E-state index contributed by atoms with van der Waals surface area (Å²) in [6.07, 6.45) is 1.74. The summed E-state index contributed by atoms with van der Waals surface area (Å²) in [6.45, 7) is 0.357. The van der Waals surface area contributed by atoms with Crippen LogP contribution in [0.5, 0.6) is 0 Å². The summed E-state index contributed by atoms with van der Waals surface area (Å²) in [5.41, 5.74) is 8.79. The highest BCUT2D eigenvalue weighted by atomic mass is 32.1. The second-order valence-electron chi connectivity index (χ2n) is 5.21. The first-order valence-electron chi connectivity index (χ1n) is 7.32. The topological polar surface area (TPSA) is 72.9 Å². The number of amides is 1. The van der Waals surface area contributed by atoms with Gasteiger partial charge in [0.05, 0.1) is 16.6 Å². The zero-order chi connectivity index (χ0) is 16.2. The molecular formula is C17H18N4OS. The van der Waals surface area contributed by atoms with Crippen LogP contribution in [0, 0.1) is 0 Å². The molecule has 23 heavy (non-hydrogen) atoms. The largest absolute Gasteiger partial charge is 0.343 e. The van der Waals surface area contributed by atoms with E-state index in [9.17, 15) is 4.79 Å². The fourth-order valence-electron chi connectivity index (χ4n) is 2.44. The van der Waals surface area contributed by atoms with E-state index in [1.807, 2.05) is 54.9 Å². The molecule has 0 aliphatic rings. The molecule has 2 heterocycles. The molecule has 0 aliphatic heterocycles. The summed E-state index contributed by atoms with van der Waals surface area (Å²) in [5, 5.41) is 9.11. The number of nitrogens with two attached hydrogens (primary N) is 1. The maximum Gasteiger partial charge on any atom is 0.261 e. The van der Waals surface area contributed by atoms with Crippen molar-refractivity contribution in [1.82, 2.24) is 15.1 Å². The highest BCUT2D eigenvalue weighted by Gasteiger charge is 2.16. The number of carbonyl (C=O) groups is 1. The van der Waals surface area contributed by atoms with E-state index in [4.69, 9.17) is 5.73 Å². The van der Waals surface area contributed by atoms with Crippen molar-refractivity contribution >= 4 is 17.2 Å². The predicted octanol–water partition coefficient (Wildman–Crippen LogP) is 2.58. The fourth-order valence-corrected chi connectivity index (χ4v) is 3.24. The lowest BCUT2D eigenvalue weighted by atomic mass is 10.1. The molecule has 3 aromatic rings. The first-order chi connectivity index (χ1) is 11.2. The molecule has 0 aliphatic carbocycles. The van der Waals surface area contributed by atoms with Gasteiger partial charge in [-0.3, -0.25) is 9.48 Å². The van der Waals surface area contributed by atoms with Crippen molar-refractivity contribution in [2.24, 2.45) is 12.8 Å². The number of hydrogen-bond acceptors (Lipinski definition) is 4. The number of carbonyl (C=O) groups excluding carboxylic acids is 1. The molecule has 3 N–H and O–H groups in total. The molecule has 0 saturated heterocycles. The van der Waals surface area contributed by atoms with E-state index in [-0.39, 0.29) is 11.9 Å². The summed E-state index contributed by atoms with van der Waals surface area (Å²) >= 11 is 1.42. The van der Waals surface area contributed by atoms with Gasteiger partial charge in [-0.25, -0.2) is 0 Å². The minimum absolute atomic E-state index is 0.109. The Morgan fingerprint density at radius 2 is 2.13 bits per heavy atom. The van der Waals surface area contributed by atoms with Crippen LogP contribution in [-0.2, 0) is 7.05 Å². The van der Waals surface area contributed by atoms with E-state index in [0.29, 0.717) is 11.4 Å². The Labute approximate surface area is 138 Å². The lowest BCUT2D eigenvalue weighted by molar-refractivity contribution is 0.0942. The molecule has 2 aromatic heterocycles. The monoisotopic (exact) mass is 326 g/mol. The predicted molar refractivity (Wildman–Crippen MR) is 92.2 cm³/mol. The van der Waals surface area contributed by atoms with Crippen LogP contribution < -0.4 is 11.1 Å². The van der Waals surface area contributed by atoms with Gasteiger partial charge >= 0.3 is 0 Å². The minimum atomic E-state index is -0.189. The Balaban J connectivity index is 1.76. The second kappa shape index (κ2) is 6.76. The van der Waals surface area contributed by atoms with Gasteiger partial charge in [-0.05, 0) is 17.7 Å². The van der Waals surface area contributed by atoms with Crippen molar-refractivity contribution in [3.8, 4) is 11.3 Å². The average Bonchev–Trinajstić information content (AvgIpc) is 3.21. The van der Waals surface area contributed by atoms with Gasteiger partial charge in [-0.1, -0.05) is 30.3 Å². The molecule has 0 unspecified atom stereocenters. The maximum atomic E-state index is 12.5. The fraction of sp³-hybridized carbons (Fsp3) is 0.176. The summed E-state index contributed by atoms with van der Waals surface area (Å²) in [4.78, 5) is 13.1. The first kappa shape index (κ1) is 15.5. The third-order valence-corrected chi connectivity index (χ3v) is 4.61. The van der Waals surface area contributed by atoms with Gasteiger partial charge in [0.2, 0.25) is 0 Å². The minimum Gasteiger partial charge on any atom is -0.343 e. The van der Waals surface area contributed by atoms with Crippen LogP contribution in [0.4, 0.5) is 0 Å². The van der Waals surface area contributed by atoms with Crippen molar-refractivity contribution in [3.05, 3.63) is 64.5 Å². The number of nitrogens with one attached hydrogen (secondary N) is 1. The van der Waals surface area contributed by atoms with Gasteiger partial charge in [0, 0.05) is 30.7 Å². The number of nitrogens with zero attached hydrogens (tertiary/aromatic N) is 2. The number of aryl methyl sites for hydroxylation is 1.